The Morgan fingerprint density at radius 2 is 1.53 bits per heavy atom. The number of nitrogens with zero attached hydrogens (tertiary/aromatic N) is 1. The Morgan fingerprint density at radius 1 is 0.873 bits per heavy atom. The number of likely N-dealkylation sites (N-methyl/N-ethyl adjacent to an activating group) is 1. The lowest BCUT2D eigenvalue weighted by molar-refractivity contribution is -0.137. The highest BCUT2D eigenvalue weighted by Gasteiger charge is 2.39. The number of rotatable bonds is 13. The molecule has 0 aliphatic heterocycles. The summed E-state index contributed by atoms with van der Waals surface area (Å²) < 4.78 is 16.2. The van der Waals surface area contributed by atoms with E-state index in [0.29, 0.717) is 24.2 Å². The maximum absolute atomic E-state index is 14.6. The maximum atomic E-state index is 14.6. The number of hydrogen-bond acceptors (Lipinski definition) is 8. The summed E-state index contributed by atoms with van der Waals surface area (Å²) in [6.07, 6.45) is 6.91. The lowest BCUT2D eigenvalue weighted by Crippen LogP contribution is -2.54. The summed E-state index contributed by atoms with van der Waals surface area (Å²) in [5.41, 5.74) is 3.68. The molecule has 11 heteroatoms. The molecule has 2 aliphatic carbocycles. The standard InChI is InChI=1S/C44H53N3O8/c1-28(47(5)43(52)55-44(2,3)4)40(49)46-38(26-29-20-24-33(25-21-29)54-27-30-18-22-32(23-19-30)42(51)53-6)39(48)35-15-9-10-16-36(35)41(50)45-37-17-11-13-31-12-7-8-14-34(31)37/h7-10,12,14,18-25,28,35-38H,11,13,15-17,26-27H2,1-6H3,(H,45,50)(H,46,49). The topological polar surface area (TPSA) is 140 Å². The van der Waals surface area contributed by atoms with Crippen molar-refractivity contribution < 1.29 is 38.2 Å². The second-order valence-corrected chi connectivity index (χ2v) is 15.4. The third kappa shape index (κ3) is 10.8. The van der Waals surface area contributed by atoms with E-state index in [1.54, 1.807) is 64.1 Å². The molecule has 2 aliphatic rings. The number of esters is 1. The maximum Gasteiger partial charge on any atom is 0.410 e. The first-order valence-corrected chi connectivity index (χ1v) is 19.0. The first-order valence-electron chi connectivity index (χ1n) is 19.0. The zero-order chi connectivity index (χ0) is 39.7. The summed E-state index contributed by atoms with van der Waals surface area (Å²) in [6, 6.07) is 20.3. The van der Waals surface area contributed by atoms with Crippen molar-refractivity contribution in [2.45, 2.75) is 96.6 Å². The van der Waals surface area contributed by atoms with Crippen LogP contribution in [0.3, 0.4) is 0 Å². The van der Waals surface area contributed by atoms with Crippen molar-refractivity contribution in [1.82, 2.24) is 15.5 Å². The molecule has 3 amide bonds. The van der Waals surface area contributed by atoms with Crippen molar-refractivity contribution in [2.75, 3.05) is 14.2 Å². The predicted octanol–water partition coefficient (Wildman–Crippen LogP) is 6.68. The first kappa shape index (κ1) is 40.7. The number of ketones is 1. The van der Waals surface area contributed by atoms with Gasteiger partial charge in [0.15, 0.2) is 5.78 Å². The van der Waals surface area contributed by atoms with Gasteiger partial charge in [-0.1, -0.05) is 60.7 Å². The molecule has 0 spiro atoms. The molecule has 3 aromatic carbocycles. The molecule has 5 rings (SSSR count). The Labute approximate surface area is 323 Å². The van der Waals surface area contributed by atoms with Crippen molar-refractivity contribution in [3.05, 3.63) is 113 Å². The van der Waals surface area contributed by atoms with Crippen molar-refractivity contribution in [2.24, 2.45) is 11.8 Å². The third-order valence-corrected chi connectivity index (χ3v) is 10.3. The van der Waals surface area contributed by atoms with Crippen molar-refractivity contribution in [3.63, 3.8) is 0 Å². The van der Waals surface area contributed by atoms with Crippen LogP contribution >= 0.6 is 0 Å². The fraction of sp³-hybridized carbons (Fsp3) is 0.432. The number of fused-ring (bicyclic) bond motifs is 1. The van der Waals surface area contributed by atoms with Gasteiger partial charge in [0.2, 0.25) is 11.8 Å². The number of benzene rings is 3. The molecule has 0 heterocycles. The van der Waals surface area contributed by atoms with Gasteiger partial charge in [-0.25, -0.2) is 9.59 Å². The normalized spacial score (nSPS) is 18.8. The number of carbonyl (C=O) groups excluding carboxylic acids is 5. The van der Waals surface area contributed by atoms with Gasteiger partial charge in [0, 0.05) is 13.0 Å². The number of hydrogen-bond donors (Lipinski definition) is 2. The highest BCUT2D eigenvalue weighted by Crippen LogP contribution is 2.33. The van der Waals surface area contributed by atoms with Crippen LogP contribution in [0.5, 0.6) is 5.75 Å². The minimum Gasteiger partial charge on any atom is -0.489 e. The molecule has 0 radical (unpaired) electrons. The van der Waals surface area contributed by atoms with Gasteiger partial charge in [0.25, 0.3) is 0 Å². The molecule has 292 valence electrons. The summed E-state index contributed by atoms with van der Waals surface area (Å²) >= 11 is 0. The van der Waals surface area contributed by atoms with Crippen LogP contribution in [0.15, 0.2) is 84.9 Å². The molecule has 5 unspecified atom stereocenters. The molecule has 11 nitrogen and oxygen atoms in total. The van der Waals surface area contributed by atoms with Gasteiger partial charge in [-0.15, -0.1) is 0 Å². The van der Waals surface area contributed by atoms with E-state index in [9.17, 15) is 24.0 Å². The van der Waals surface area contributed by atoms with Crippen molar-refractivity contribution >= 4 is 29.7 Å². The van der Waals surface area contributed by atoms with Gasteiger partial charge in [-0.2, -0.15) is 0 Å². The van der Waals surface area contributed by atoms with E-state index in [4.69, 9.17) is 14.2 Å². The van der Waals surface area contributed by atoms with E-state index in [1.807, 2.05) is 36.4 Å². The molecule has 0 bridgehead atoms. The average Bonchev–Trinajstić information content (AvgIpc) is 3.18. The molecular weight excluding hydrogens is 698 g/mol. The summed E-state index contributed by atoms with van der Waals surface area (Å²) in [5, 5.41) is 6.19. The molecule has 3 aromatic rings. The van der Waals surface area contributed by atoms with Gasteiger partial charge in [0.1, 0.15) is 24.0 Å². The zero-order valence-corrected chi connectivity index (χ0v) is 32.6. The second-order valence-electron chi connectivity index (χ2n) is 15.4. The van der Waals surface area contributed by atoms with E-state index in [1.165, 1.54) is 24.6 Å². The van der Waals surface area contributed by atoms with E-state index >= 15 is 0 Å². The van der Waals surface area contributed by atoms with Gasteiger partial charge in [-0.3, -0.25) is 19.3 Å². The number of methoxy groups -OCH3 is 1. The first-order chi connectivity index (χ1) is 26.2. The number of carbonyl (C=O) groups is 5. The number of aryl methyl sites for hydroxylation is 1. The molecule has 5 atom stereocenters. The largest absolute Gasteiger partial charge is 0.489 e. The van der Waals surface area contributed by atoms with Gasteiger partial charge in [-0.05, 0) is 113 Å². The fourth-order valence-corrected chi connectivity index (χ4v) is 7.02. The fourth-order valence-electron chi connectivity index (χ4n) is 7.02. The third-order valence-electron chi connectivity index (χ3n) is 10.3. The molecule has 55 heavy (non-hydrogen) atoms. The van der Waals surface area contributed by atoms with Crippen molar-refractivity contribution in [1.29, 1.82) is 0 Å². The van der Waals surface area contributed by atoms with Gasteiger partial charge >= 0.3 is 12.1 Å². The quantitative estimate of drug-likeness (QED) is 0.146. The number of amides is 3. The Bertz CT molecular complexity index is 1860. The lowest BCUT2D eigenvalue weighted by atomic mass is 9.76. The van der Waals surface area contributed by atoms with Gasteiger partial charge < -0.3 is 24.8 Å². The summed E-state index contributed by atoms with van der Waals surface area (Å²) in [7, 11) is 2.82. The second kappa shape index (κ2) is 18.3. The van der Waals surface area contributed by atoms with E-state index in [2.05, 4.69) is 22.8 Å². The van der Waals surface area contributed by atoms with E-state index in [0.717, 1.165) is 36.0 Å². The number of Topliss-reactive ketones (excluding diaryl/α,β-unsaturated/α-hetero) is 1. The zero-order valence-electron chi connectivity index (χ0n) is 32.6. The molecular formula is C44H53N3O8. The van der Waals surface area contributed by atoms with Crippen LogP contribution < -0.4 is 15.4 Å². The van der Waals surface area contributed by atoms with E-state index in [-0.39, 0.29) is 30.8 Å². The van der Waals surface area contributed by atoms with Crippen molar-refractivity contribution in [3.8, 4) is 5.75 Å². The number of allylic oxidation sites excluding steroid dienone is 2. The Kier molecular flexibility index (Phi) is 13.5. The smallest absolute Gasteiger partial charge is 0.410 e. The molecule has 0 saturated heterocycles. The Morgan fingerprint density at radius 3 is 2.20 bits per heavy atom. The minimum atomic E-state index is -0.982. The molecule has 0 fully saturated rings. The van der Waals surface area contributed by atoms with Gasteiger partial charge in [0.05, 0.1) is 30.7 Å². The van der Waals surface area contributed by atoms with Crippen LogP contribution in [0.2, 0.25) is 0 Å². The Balaban J connectivity index is 1.32. The average molecular weight is 752 g/mol. The predicted molar refractivity (Wildman–Crippen MR) is 208 cm³/mol. The molecule has 0 saturated carbocycles. The monoisotopic (exact) mass is 751 g/mol. The summed E-state index contributed by atoms with van der Waals surface area (Å²) in [6.45, 7) is 7.09. The van der Waals surface area contributed by atoms with E-state index < -0.39 is 47.5 Å². The lowest BCUT2D eigenvalue weighted by Gasteiger charge is -2.33. The van der Waals surface area contributed by atoms with Crippen LogP contribution in [0.25, 0.3) is 0 Å². The van der Waals surface area contributed by atoms with Crippen LogP contribution in [-0.2, 0) is 43.3 Å². The Hall–Kier alpha value is -5.45. The van der Waals surface area contributed by atoms with Crippen LogP contribution in [-0.4, -0.2) is 66.4 Å². The summed E-state index contributed by atoms with van der Waals surface area (Å²) in [5.74, 6) is -2.02. The number of ether oxygens (including phenoxy) is 3. The highest BCUT2D eigenvalue weighted by molar-refractivity contribution is 5.96. The molecule has 2 N–H and O–H groups in total. The van der Waals surface area contributed by atoms with Crippen LogP contribution in [0.1, 0.15) is 92.0 Å². The molecule has 0 aromatic heterocycles. The SMILES string of the molecule is COC(=O)c1ccc(COc2ccc(CC(NC(=O)C(C)N(C)C(=O)OC(C)(C)C)C(=O)C3CC=CCC3C(=O)NC3CCCc4ccccc43)cc2)cc1. The number of nitrogens with one attached hydrogen (secondary N) is 2. The van der Waals surface area contributed by atoms with Crippen LogP contribution in [0.4, 0.5) is 4.79 Å². The highest BCUT2D eigenvalue weighted by atomic mass is 16.6. The minimum absolute atomic E-state index is 0.126. The van der Waals surface area contributed by atoms with Crippen LogP contribution in [0, 0.1) is 11.8 Å². The summed E-state index contributed by atoms with van der Waals surface area (Å²) in [4.78, 5) is 68.1.